The predicted molar refractivity (Wildman–Crippen MR) is 119 cm³/mol. The highest BCUT2D eigenvalue weighted by molar-refractivity contribution is 7.90. The van der Waals surface area contributed by atoms with Gasteiger partial charge in [0.1, 0.15) is 5.60 Å². The molecule has 0 spiro atoms. The summed E-state index contributed by atoms with van der Waals surface area (Å²) in [6.45, 7) is 6.44. The van der Waals surface area contributed by atoms with Crippen molar-refractivity contribution in [2.45, 2.75) is 37.0 Å². The maximum Gasteiger partial charge on any atom is 0.254 e. The number of sulfone groups is 1. The number of hydrogen-bond donors (Lipinski definition) is 1. The van der Waals surface area contributed by atoms with Gasteiger partial charge in [0.05, 0.1) is 29.3 Å². The lowest BCUT2D eigenvalue weighted by molar-refractivity contribution is -0.147. The third kappa shape index (κ3) is 3.95. The minimum atomic E-state index is -3.61. The normalized spacial score (nSPS) is 16.2. The molecule has 1 fully saturated rings. The number of para-hydroxylation sites is 1. The number of rotatable bonds is 4. The number of fused-ring (bicyclic) bond motifs is 1. The summed E-state index contributed by atoms with van der Waals surface area (Å²) in [5.41, 5.74) is 0.339. The lowest BCUT2D eigenvalue weighted by Gasteiger charge is -2.53. The molecule has 0 aliphatic carbocycles. The van der Waals surface area contributed by atoms with Crippen molar-refractivity contribution in [3.63, 3.8) is 0 Å². The van der Waals surface area contributed by atoms with Gasteiger partial charge >= 0.3 is 0 Å². The van der Waals surface area contributed by atoms with Crippen LogP contribution in [0, 0.1) is 5.41 Å². The Morgan fingerprint density at radius 3 is 2.35 bits per heavy atom. The smallest absolute Gasteiger partial charge is 0.254 e. The van der Waals surface area contributed by atoms with E-state index in [1.165, 1.54) is 0 Å². The van der Waals surface area contributed by atoms with E-state index >= 15 is 0 Å². The number of carbonyl (C=O) groups excluding carboxylic acids is 1. The van der Waals surface area contributed by atoms with Crippen LogP contribution in [-0.4, -0.2) is 48.0 Å². The number of hydrogen-bond acceptors (Lipinski definition) is 5. The van der Waals surface area contributed by atoms with E-state index in [1.807, 2.05) is 32.9 Å². The highest BCUT2D eigenvalue weighted by Crippen LogP contribution is 2.38. The molecular weight excluding hydrogens is 412 g/mol. The molecule has 1 N–H and O–H groups in total. The summed E-state index contributed by atoms with van der Waals surface area (Å²) in [7, 11) is -3.61. The van der Waals surface area contributed by atoms with E-state index in [0.29, 0.717) is 29.7 Å². The fraction of sp³-hybridized carbons (Fsp3) is 0.333. The first-order valence-electron chi connectivity index (χ1n) is 10.2. The summed E-state index contributed by atoms with van der Waals surface area (Å²) >= 11 is 0. The first kappa shape index (κ1) is 21.5. The minimum absolute atomic E-state index is 0.165. The van der Waals surface area contributed by atoms with E-state index in [2.05, 4.69) is 4.98 Å². The summed E-state index contributed by atoms with van der Waals surface area (Å²) in [6.07, 6.45) is 1.58. The van der Waals surface area contributed by atoms with Gasteiger partial charge in [-0.05, 0) is 35.2 Å². The van der Waals surface area contributed by atoms with Gasteiger partial charge in [-0.2, -0.15) is 0 Å². The van der Waals surface area contributed by atoms with Gasteiger partial charge in [-0.3, -0.25) is 9.78 Å². The van der Waals surface area contributed by atoms with Crippen molar-refractivity contribution in [1.82, 2.24) is 9.88 Å². The van der Waals surface area contributed by atoms with E-state index in [4.69, 9.17) is 0 Å². The second-order valence-electron chi connectivity index (χ2n) is 9.23. The maximum absolute atomic E-state index is 13.0. The average molecular weight is 439 g/mol. The summed E-state index contributed by atoms with van der Waals surface area (Å²) in [6, 6.07) is 15.3. The van der Waals surface area contributed by atoms with Crippen molar-refractivity contribution in [3.8, 4) is 0 Å². The zero-order chi connectivity index (χ0) is 22.4. The zero-order valence-electron chi connectivity index (χ0n) is 17.9. The molecule has 0 atom stereocenters. The van der Waals surface area contributed by atoms with Crippen molar-refractivity contribution in [1.29, 1.82) is 0 Å². The molecule has 2 aromatic carbocycles. The molecule has 0 saturated carbocycles. The number of benzene rings is 2. The van der Waals surface area contributed by atoms with Gasteiger partial charge in [0.15, 0.2) is 9.84 Å². The number of β-amino-alcohol motifs (C(OH)–C–C–N with tert-alkyl or cyclic N) is 1. The molecule has 1 aromatic heterocycles. The van der Waals surface area contributed by atoms with E-state index in [0.717, 1.165) is 5.39 Å². The molecule has 0 unspecified atom stereocenters. The van der Waals surface area contributed by atoms with Crippen LogP contribution in [0.3, 0.4) is 0 Å². The third-order valence-electron chi connectivity index (χ3n) is 6.08. The quantitative estimate of drug-likeness (QED) is 0.674. The maximum atomic E-state index is 13.0. The largest absolute Gasteiger partial charge is 0.386 e. The van der Waals surface area contributed by atoms with Crippen molar-refractivity contribution in [3.05, 3.63) is 71.9 Å². The number of pyridine rings is 1. The van der Waals surface area contributed by atoms with Crippen LogP contribution in [0.4, 0.5) is 0 Å². The Morgan fingerprint density at radius 1 is 1.06 bits per heavy atom. The molecule has 0 radical (unpaired) electrons. The van der Waals surface area contributed by atoms with Crippen molar-refractivity contribution < 1.29 is 18.3 Å². The van der Waals surface area contributed by atoms with Crippen LogP contribution >= 0.6 is 0 Å². The second kappa shape index (κ2) is 7.43. The van der Waals surface area contributed by atoms with Gasteiger partial charge in [-0.15, -0.1) is 0 Å². The Bertz CT molecular complexity index is 1230. The Labute approximate surface area is 182 Å². The monoisotopic (exact) mass is 438 g/mol. The van der Waals surface area contributed by atoms with Gasteiger partial charge < -0.3 is 10.0 Å². The van der Waals surface area contributed by atoms with Crippen molar-refractivity contribution in [2.24, 2.45) is 5.41 Å². The van der Waals surface area contributed by atoms with Gasteiger partial charge in [-0.1, -0.05) is 51.1 Å². The molecular formula is C24H26N2O4S. The Morgan fingerprint density at radius 2 is 1.71 bits per heavy atom. The fourth-order valence-electron chi connectivity index (χ4n) is 3.75. The van der Waals surface area contributed by atoms with E-state index in [9.17, 15) is 18.3 Å². The Kier molecular flexibility index (Phi) is 5.14. The van der Waals surface area contributed by atoms with E-state index in [1.54, 1.807) is 53.6 Å². The zero-order valence-corrected chi connectivity index (χ0v) is 18.7. The second-order valence-corrected chi connectivity index (χ2v) is 11.2. The molecule has 31 heavy (non-hydrogen) atoms. The third-order valence-corrected chi connectivity index (χ3v) is 7.79. The number of carbonyl (C=O) groups is 1. The standard InChI is InChI=1S/C24H26N2O4S/c1-23(2,3)24(28)15-26(16-24)22(27)19-11-9-17(10-12-19)14-31(29,30)20-8-4-6-18-7-5-13-25-21(18)20/h4-13,28H,14-16H2,1-3H3. The number of amides is 1. The lowest BCUT2D eigenvalue weighted by atomic mass is 9.71. The molecule has 3 aromatic rings. The van der Waals surface area contributed by atoms with Gasteiger partial charge in [0.2, 0.25) is 0 Å². The first-order chi connectivity index (χ1) is 14.5. The number of aromatic nitrogens is 1. The number of aliphatic hydroxyl groups is 1. The summed E-state index contributed by atoms with van der Waals surface area (Å²) in [5, 5.41) is 11.4. The molecule has 1 aliphatic rings. The predicted octanol–water partition coefficient (Wildman–Crippen LogP) is 3.44. The van der Waals surface area contributed by atoms with Crippen LogP contribution in [0.15, 0.2) is 65.7 Å². The van der Waals surface area contributed by atoms with Crippen LogP contribution in [-0.2, 0) is 15.6 Å². The summed E-state index contributed by atoms with van der Waals surface area (Å²) in [5.74, 6) is -0.341. The van der Waals surface area contributed by atoms with Crippen LogP contribution in [0.5, 0.6) is 0 Å². The first-order valence-corrected chi connectivity index (χ1v) is 11.8. The average Bonchev–Trinajstić information content (AvgIpc) is 2.70. The fourth-order valence-corrected chi connectivity index (χ4v) is 5.29. The Hall–Kier alpha value is -2.77. The molecule has 0 bridgehead atoms. The molecule has 2 heterocycles. The SMILES string of the molecule is CC(C)(C)C1(O)CN(C(=O)c2ccc(CS(=O)(=O)c3cccc4cccnc34)cc2)C1. The number of likely N-dealkylation sites (tertiary alicyclic amines) is 1. The molecule has 4 rings (SSSR count). The molecule has 7 heteroatoms. The Balaban J connectivity index is 1.49. The van der Waals surface area contributed by atoms with Gasteiger partial charge in [-0.25, -0.2) is 8.42 Å². The molecule has 162 valence electrons. The van der Waals surface area contributed by atoms with Crippen LogP contribution < -0.4 is 0 Å². The van der Waals surface area contributed by atoms with Crippen LogP contribution in [0.25, 0.3) is 10.9 Å². The van der Waals surface area contributed by atoms with E-state index in [-0.39, 0.29) is 22.0 Å². The summed E-state index contributed by atoms with van der Waals surface area (Å²) in [4.78, 5) is 18.7. The lowest BCUT2D eigenvalue weighted by Crippen LogP contribution is -2.69. The molecule has 1 saturated heterocycles. The summed E-state index contributed by atoms with van der Waals surface area (Å²) < 4.78 is 26.0. The van der Waals surface area contributed by atoms with Gasteiger partial charge in [0, 0.05) is 17.1 Å². The number of nitrogens with zero attached hydrogens (tertiary/aromatic N) is 2. The van der Waals surface area contributed by atoms with Gasteiger partial charge in [0.25, 0.3) is 5.91 Å². The molecule has 1 aliphatic heterocycles. The highest BCUT2D eigenvalue weighted by atomic mass is 32.2. The van der Waals surface area contributed by atoms with E-state index < -0.39 is 15.4 Å². The van der Waals surface area contributed by atoms with Crippen LogP contribution in [0.1, 0.15) is 36.7 Å². The molecule has 6 nitrogen and oxygen atoms in total. The molecule has 1 amide bonds. The topological polar surface area (TPSA) is 87.6 Å². The van der Waals surface area contributed by atoms with Crippen molar-refractivity contribution in [2.75, 3.05) is 13.1 Å². The van der Waals surface area contributed by atoms with Crippen LogP contribution in [0.2, 0.25) is 0 Å². The highest BCUT2D eigenvalue weighted by Gasteiger charge is 2.51. The minimum Gasteiger partial charge on any atom is -0.386 e. The van der Waals surface area contributed by atoms with Crippen molar-refractivity contribution >= 4 is 26.6 Å².